The van der Waals surface area contributed by atoms with Crippen LogP contribution in [0, 0.1) is 11.6 Å². The molecule has 92 valence electrons. The van der Waals surface area contributed by atoms with Crippen molar-refractivity contribution >= 4 is 5.97 Å². The van der Waals surface area contributed by atoms with Gasteiger partial charge in [0.2, 0.25) is 11.4 Å². The SMILES string of the molecule is CC[C@@]1(C(=O)O)COc2c(F)ccc(F)c2O1. The maximum atomic E-state index is 13.4. The van der Waals surface area contributed by atoms with Gasteiger partial charge in [0.15, 0.2) is 17.4 Å². The van der Waals surface area contributed by atoms with Crippen LogP contribution in [0.15, 0.2) is 12.1 Å². The van der Waals surface area contributed by atoms with Gasteiger partial charge in [0.1, 0.15) is 6.61 Å². The molecule has 0 bridgehead atoms. The summed E-state index contributed by atoms with van der Waals surface area (Å²) in [7, 11) is 0. The molecule has 0 saturated carbocycles. The predicted molar refractivity (Wildman–Crippen MR) is 53.1 cm³/mol. The average Bonchev–Trinajstić information content (AvgIpc) is 2.33. The van der Waals surface area contributed by atoms with Gasteiger partial charge < -0.3 is 14.6 Å². The second kappa shape index (κ2) is 3.87. The smallest absolute Gasteiger partial charge is 0.351 e. The van der Waals surface area contributed by atoms with Gasteiger partial charge in [-0.2, -0.15) is 0 Å². The summed E-state index contributed by atoms with van der Waals surface area (Å²) in [5, 5.41) is 9.05. The fourth-order valence-corrected chi connectivity index (χ4v) is 1.59. The molecule has 17 heavy (non-hydrogen) atoms. The van der Waals surface area contributed by atoms with Crippen molar-refractivity contribution in [2.75, 3.05) is 6.61 Å². The first-order valence-corrected chi connectivity index (χ1v) is 5.03. The molecule has 0 spiro atoms. The maximum absolute atomic E-state index is 13.4. The lowest BCUT2D eigenvalue weighted by atomic mass is 10.0. The maximum Gasteiger partial charge on any atom is 0.351 e. The largest absolute Gasteiger partial charge is 0.482 e. The Hall–Kier alpha value is -1.85. The van der Waals surface area contributed by atoms with Gasteiger partial charge in [-0.1, -0.05) is 6.92 Å². The number of aliphatic carboxylic acids is 1. The first-order valence-electron chi connectivity index (χ1n) is 5.03. The molecule has 0 fully saturated rings. The second-order valence-electron chi connectivity index (χ2n) is 3.73. The third kappa shape index (κ3) is 1.69. The number of benzene rings is 1. The van der Waals surface area contributed by atoms with Gasteiger partial charge in [0, 0.05) is 0 Å². The monoisotopic (exact) mass is 244 g/mol. The van der Waals surface area contributed by atoms with Crippen LogP contribution in [-0.4, -0.2) is 23.3 Å². The van der Waals surface area contributed by atoms with Gasteiger partial charge in [0.25, 0.3) is 0 Å². The van der Waals surface area contributed by atoms with Crippen LogP contribution >= 0.6 is 0 Å². The molecule has 1 heterocycles. The average molecular weight is 244 g/mol. The predicted octanol–water partition coefficient (Wildman–Crippen LogP) is 1.97. The van der Waals surface area contributed by atoms with Crippen molar-refractivity contribution in [1.29, 1.82) is 0 Å². The lowest BCUT2D eigenvalue weighted by molar-refractivity contribution is -0.161. The zero-order valence-corrected chi connectivity index (χ0v) is 9.00. The molecule has 1 aliphatic heterocycles. The van der Waals surface area contributed by atoms with Crippen molar-refractivity contribution in [3.63, 3.8) is 0 Å². The molecule has 6 heteroatoms. The molecule has 0 unspecified atom stereocenters. The molecule has 1 atom stereocenters. The van der Waals surface area contributed by atoms with E-state index in [2.05, 4.69) is 0 Å². The van der Waals surface area contributed by atoms with Crippen LogP contribution in [0.3, 0.4) is 0 Å². The number of carboxylic acid groups (broad SMARTS) is 1. The number of halogens is 2. The van der Waals surface area contributed by atoms with Gasteiger partial charge in [-0.15, -0.1) is 0 Å². The molecular formula is C11H10F2O4. The Kier molecular flexibility index (Phi) is 2.65. The van der Waals surface area contributed by atoms with E-state index in [0.717, 1.165) is 12.1 Å². The fourth-order valence-electron chi connectivity index (χ4n) is 1.59. The molecule has 2 rings (SSSR count). The molecule has 4 nitrogen and oxygen atoms in total. The Morgan fingerprint density at radius 2 is 2.00 bits per heavy atom. The van der Waals surface area contributed by atoms with Crippen LogP contribution < -0.4 is 9.47 Å². The molecule has 1 aromatic carbocycles. The second-order valence-corrected chi connectivity index (χ2v) is 3.73. The minimum absolute atomic E-state index is 0.0811. The normalized spacial score (nSPS) is 22.3. The van der Waals surface area contributed by atoms with Gasteiger partial charge >= 0.3 is 5.97 Å². The highest BCUT2D eigenvalue weighted by Crippen LogP contribution is 2.40. The summed E-state index contributed by atoms with van der Waals surface area (Å²) in [6.07, 6.45) is 0.0811. The van der Waals surface area contributed by atoms with Crippen LogP contribution in [-0.2, 0) is 4.79 Å². The minimum atomic E-state index is -1.67. The summed E-state index contributed by atoms with van der Waals surface area (Å²) in [4.78, 5) is 11.1. The molecule has 0 aliphatic carbocycles. The quantitative estimate of drug-likeness (QED) is 0.864. The zero-order valence-electron chi connectivity index (χ0n) is 9.00. The van der Waals surface area contributed by atoms with E-state index >= 15 is 0 Å². The summed E-state index contributed by atoms with van der Waals surface area (Å²) in [6, 6.07) is 1.77. The highest BCUT2D eigenvalue weighted by Gasteiger charge is 2.45. The van der Waals surface area contributed by atoms with E-state index < -0.39 is 29.0 Å². The minimum Gasteiger partial charge on any atom is -0.482 e. The van der Waals surface area contributed by atoms with E-state index in [0.29, 0.717) is 0 Å². The van der Waals surface area contributed by atoms with Crippen molar-refractivity contribution in [1.82, 2.24) is 0 Å². The lowest BCUT2D eigenvalue weighted by Crippen LogP contribution is -2.51. The van der Waals surface area contributed by atoms with E-state index in [-0.39, 0.29) is 18.8 Å². The molecule has 1 N–H and O–H groups in total. The van der Waals surface area contributed by atoms with E-state index in [4.69, 9.17) is 14.6 Å². The van der Waals surface area contributed by atoms with Crippen molar-refractivity contribution in [2.24, 2.45) is 0 Å². The van der Waals surface area contributed by atoms with Gasteiger partial charge in [-0.25, -0.2) is 13.6 Å². The van der Waals surface area contributed by atoms with Crippen molar-refractivity contribution < 1.29 is 28.2 Å². The first-order chi connectivity index (χ1) is 8.00. The van der Waals surface area contributed by atoms with Crippen molar-refractivity contribution in [3.8, 4) is 11.5 Å². The molecule has 1 aliphatic rings. The van der Waals surface area contributed by atoms with Gasteiger partial charge in [-0.3, -0.25) is 0 Å². The third-order valence-electron chi connectivity index (χ3n) is 2.72. The third-order valence-corrected chi connectivity index (χ3v) is 2.72. The van der Waals surface area contributed by atoms with E-state index in [1.54, 1.807) is 6.92 Å². The molecule has 0 radical (unpaired) electrons. The number of carboxylic acids is 1. The molecule has 1 aromatic rings. The van der Waals surface area contributed by atoms with Crippen LogP contribution in [0.25, 0.3) is 0 Å². The van der Waals surface area contributed by atoms with Crippen LogP contribution in [0.4, 0.5) is 8.78 Å². The molecule has 0 saturated heterocycles. The highest BCUT2D eigenvalue weighted by molar-refractivity contribution is 5.78. The number of fused-ring (bicyclic) bond motifs is 1. The summed E-state index contributed by atoms with van der Waals surface area (Å²) in [6.45, 7) is 1.21. The number of rotatable bonds is 2. The standard InChI is InChI=1S/C11H10F2O4/c1-2-11(10(14)15)5-16-8-6(12)3-4-7(13)9(8)17-11/h3-4H,2,5H2,1H3,(H,14,15)/t11-/m0/s1. The lowest BCUT2D eigenvalue weighted by Gasteiger charge is -2.34. The number of ether oxygens (including phenoxy) is 2. The highest BCUT2D eigenvalue weighted by atomic mass is 19.1. The Morgan fingerprint density at radius 1 is 1.41 bits per heavy atom. The van der Waals surface area contributed by atoms with E-state index in [1.807, 2.05) is 0 Å². The summed E-state index contributed by atoms with van der Waals surface area (Å²) in [5.74, 6) is -3.76. The number of hydrogen-bond donors (Lipinski definition) is 1. The Labute approximate surface area is 95.8 Å². The molecule has 0 amide bonds. The Bertz CT molecular complexity index is 475. The summed E-state index contributed by atoms with van der Waals surface area (Å²) >= 11 is 0. The number of carbonyl (C=O) groups is 1. The van der Waals surface area contributed by atoms with Crippen molar-refractivity contribution in [2.45, 2.75) is 18.9 Å². The fraction of sp³-hybridized carbons (Fsp3) is 0.364. The van der Waals surface area contributed by atoms with Crippen LogP contribution in [0.2, 0.25) is 0 Å². The number of hydrogen-bond acceptors (Lipinski definition) is 3. The molecular weight excluding hydrogens is 234 g/mol. The van der Waals surface area contributed by atoms with Crippen molar-refractivity contribution in [3.05, 3.63) is 23.8 Å². The Balaban J connectivity index is 2.48. The van der Waals surface area contributed by atoms with Gasteiger partial charge in [0.05, 0.1) is 0 Å². The summed E-state index contributed by atoms with van der Waals surface area (Å²) < 4.78 is 36.8. The van der Waals surface area contributed by atoms with Gasteiger partial charge in [-0.05, 0) is 18.6 Å². The van der Waals surface area contributed by atoms with E-state index in [1.165, 1.54) is 0 Å². The zero-order chi connectivity index (χ0) is 12.6. The van der Waals surface area contributed by atoms with Crippen LogP contribution in [0.1, 0.15) is 13.3 Å². The molecule has 0 aromatic heterocycles. The van der Waals surface area contributed by atoms with E-state index in [9.17, 15) is 13.6 Å². The topological polar surface area (TPSA) is 55.8 Å². The van der Waals surface area contributed by atoms with Crippen LogP contribution in [0.5, 0.6) is 11.5 Å². The summed E-state index contributed by atoms with van der Waals surface area (Å²) in [5.41, 5.74) is -1.67. The first kappa shape index (κ1) is 11.6. The Morgan fingerprint density at radius 3 is 2.53 bits per heavy atom.